The highest BCUT2D eigenvalue weighted by molar-refractivity contribution is 7.09. The fourth-order valence-corrected chi connectivity index (χ4v) is 2.84. The molecule has 1 heterocycles. The van der Waals surface area contributed by atoms with E-state index >= 15 is 0 Å². The van der Waals surface area contributed by atoms with Crippen molar-refractivity contribution in [3.63, 3.8) is 0 Å². The van der Waals surface area contributed by atoms with Crippen LogP contribution in [0.15, 0.2) is 23.7 Å². The van der Waals surface area contributed by atoms with Gasteiger partial charge in [-0.25, -0.2) is 9.37 Å². The van der Waals surface area contributed by atoms with E-state index in [0.717, 1.165) is 30.0 Å². The minimum atomic E-state index is -0.191. The Morgan fingerprint density at radius 3 is 2.80 bits per heavy atom. The molecule has 108 valence electrons. The zero-order chi connectivity index (χ0) is 14.5. The molecule has 2 rings (SSSR count). The van der Waals surface area contributed by atoms with Crippen molar-refractivity contribution in [2.75, 3.05) is 18.5 Å². The van der Waals surface area contributed by atoms with E-state index in [1.54, 1.807) is 23.5 Å². The van der Waals surface area contributed by atoms with E-state index in [1.807, 2.05) is 32.5 Å². The first-order chi connectivity index (χ1) is 9.60. The predicted octanol–water partition coefficient (Wildman–Crippen LogP) is 3.34. The predicted molar refractivity (Wildman–Crippen MR) is 82.7 cm³/mol. The number of aromatic nitrogens is 1. The highest BCUT2D eigenvalue weighted by atomic mass is 32.1. The van der Waals surface area contributed by atoms with Crippen LogP contribution in [-0.4, -0.2) is 18.6 Å². The Morgan fingerprint density at radius 1 is 1.35 bits per heavy atom. The van der Waals surface area contributed by atoms with Crippen molar-refractivity contribution in [1.82, 2.24) is 10.3 Å². The lowest BCUT2D eigenvalue weighted by molar-refractivity contribution is 0.621. The molecule has 0 saturated heterocycles. The molecule has 3 nitrogen and oxygen atoms in total. The van der Waals surface area contributed by atoms with Crippen molar-refractivity contribution < 1.29 is 4.39 Å². The molecule has 20 heavy (non-hydrogen) atoms. The number of rotatable bonds is 6. The van der Waals surface area contributed by atoms with Crippen molar-refractivity contribution in [1.29, 1.82) is 0 Å². The molecule has 0 aliphatic rings. The van der Waals surface area contributed by atoms with Gasteiger partial charge in [0.25, 0.3) is 0 Å². The maximum absolute atomic E-state index is 13.7. The third-order valence-electron chi connectivity index (χ3n) is 3.19. The Hall–Kier alpha value is -1.46. The van der Waals surface area contributed by atoms with Gasteiger partial charge in [0.1, 0.15) is 5.82 Å². The molecule has 0 saturated carbocycles. The first-order valence-corrected chi connectivity index (χ1v) is 7.58. The average Bonchev–Trinajstić information content (AvgIpc) is 2.81. The maximum Gasteiger partial charge on any atom is 0.125 e. The number of hydrogen-bond donors (Lipinski definition) is 1. The largest absolute Gasteiger partial charge is 0.369 e. The van der Waals surface area contributed by atoms with Gasteiger partial charge in [-0.2, -0.15) is 0 Å². The van der Waals surface area contributed by atoms with Crippen LogP contribution in [0, 0.1) is 12.7 Å². The van der Waals surface area contributed by atoms with Crippen LogP contribution in [0.2, 0.25) is 0 Å². The average molecular weight is 293 g/mol. The molecule has 0 spiro atoms. The minimum Gasteiger partial charge on any atom is -0.369 e. The molecular weight excluding hydrogens is 273 g/mol. The van der Waals surface area contributed by atoms with Crippen LogP contribution < -0.4 is 10.2 Å². The molecule has 0 amide bonds. The highest BCUT2D eigenvalue weighted by Gasteiger charge is 2.09. The number of benzene rings is 1. The molecule has 1 N–H and O–H groups in total. The van der Waals surface area contributed by atoms with E-state index in [1.165, 1.54) is 4.88 Å². The summed E-state index contributed by atoms with van der Waals surface area (Å²) in [7, 11) is 1.98. The molecule has 1 aromatic carbocycles. The van der Waals surface area contributed by atoms with Crippen molar-refractivity contribution in [2.24, 2.45) is 0 Å². The van der Waals surface area contributed by atoms with E-state index in [9.17, 15) is 4.39 Å². The lowest BCUT2D eigenvalue weighted by Crippen LogP contribution is -2.17. The normalized spacial score (nSPS) is 10.8. The minimum absolute atomic E-state index is 0.191. The monoisotopic (exact) mass is 293 g/mol. The van der Waals surface area contributed by atoms with Crippen LogP contribution >= 0.6 is 11.3 Å². The molecule has 0 fully saturated rings. The smallest absolute Gasteiger partial charge is 0.125 e. The van der Waals surface area contributed by atoms with Crippen LogP contribution in [0.25, 0.3) is 0 Å². The van der Waals surface area contributed by atoms with Crippen LogP contribution in [0.1, 0.15) is 23.1 Å². The summed E-state index contributed by atoms with van der Waals surface area (Å²) >= 11 is 1.64. The van der Waals surface area contributed by atoms with Gasteiger partial charge >= 0.3 is 0 Å². The maximum atomic E-state index is 13.7. The summed E-state index contributed by atoms with van der Waals surface area (Å²) in [6, 6.07) is 5.19. The lowest BCUT2D eigenvalue weighted by atomic mass is 10.1. The van der Waals surface area contributed by atoms with Gasteiger partial charge in [-0.1, -0.05) is 6.92 Å². The van der Waals surface area contributed by atoms with Crippen LogP contribution in [0.5, 0.6) is 0 Å². The Bertz CT molecular complexity index is 568. The topological polar surface area (TPSA) is 28.2 Å². The zero-order valence-electron chi connectivity index (χ0n) is 12.1. The van der Waals surface area contributed by atoms with Crippen LogP contribution in [0.3, 0.4) is 0 Å². The molecule has 0 atom stereocenters. The van der Waals surface area contributed by atoms with Gasteiger partial charge in [0.05, 0.1) is 17.7 Å². The standard InChI is InChI=1S/C15H20FN3S/c1-4-17-8-12-5-13(16)7-14(6-12)19(3)9-15-11(2)18-10-20-15/h5-7,10,17H,4,8-9H2,1-3H3. The SMILES string of the molecule is CCNCc1cc(F)cc(N(C)Cc2scnc2C)c1. The van der Waals surface area contributed by atoms with E-state index in [0.29, 0.717) is 6.54 Å². The first kappa shape index (κ1) is 14.9. The molecule has 5 heteroatoms. The van der Waals surface area contributed by atoms with E-state index < -0.39 is 0 Å². The van der Waals surface area contributed by atoms with Crippen molar-refractivity contribution in [2.45, 2.75) is 26.9 Å². The van der Waals surface area contributed by atoms with Crippen molar-refractivity contribution in [3.8, 4) is 0 Å². The van der Waals surface area contributed by atoms with Crippen LogP contribution in [0.4, 0.5) is 10.1 Å². The molecule has 0 aliphatic heterocycles. The summed E-state index contributed by atoms with van der Waals surface area (Å²) in [6.07, 6.45) is 0. The fraction of sp³-hybridized carbons (Fsp3) is 0.400. The van der Waals surface area contributed by atoms with Gasteiger partial charge in [-0.15, -0.1) is 11.3 Å². The Kier molecular flexibility index (Phi) is 5.09. The second-order valence-corrected chi connectivity index (χ2v) is 5.75. The summed E-state index contributed by atoms with van der Waals surface area (Å²) < 4.78 is 13.7. The molecule has 1 aromatic heterocycles. The number of hydrogen-bond acceptors (Lipinski definition) is 4. The number of halogens is 1. The Labute approximate surface area is 123 Å². The van der Waals surface area contributed by atoms with Crippen LogP contribution in [-0.2, 0) is 13.1 Å². The summed E-state index contributed by atoms with van der Waals surface area (Å²) in [6.45, 7) is 6.36. The van der Waals surface area contributed by atoms with Gasteiger partial charge in [-0.3, -0.25) is 0 Å². The molecule has 0 radical (unpaired) electrons. The van der Waals surface area contributed by atoms with Gasteiger partial charge in [-0.05, 0) is 37.2 Å². The first-order valence-electron chi connectivity index (χ1n) is 6.70. The van der Waals surface area contributed by atoms with E-state index in [4.69, 9.17) is 0 Å². The summed E-state index contributed by atoms with van der Waals surface area (Å²) in [5.41, 5.74) is 4.76. The Balaban J connectivity index is 2.14. The number of anilines is 1. The fourth-order valence-electron chi connectivity index (χ4n) is 2.01. The van der Waals surface area contributed by atoms with Gasteiger partial charge in [0.2, 0.25) is 0 Å². The van der Waals surface area contributed by atoms with Crippen molar-refractivity contribution in [3.05, 3.63) is 45.7 Å². The number of nitrogens with one attached hydrogen (secondary N) is 1. The molecule has 0 unspecified atom stereocenters. The molecule has 0 aliphatic carbocycles. The quantitative estimate of drug-likeness (QED) is 0.885. The van der Waals surface area contributed by atoms with Gasteiger partial charge in [0.15, 0.2) is 0 Å². The summed E-state index contributed by atoms with van der Waals surface area (Å²) in [4.78, 5) is 7.51. The molecule has 2 aromatic rings. The third kappa shape index (κ3) is 3.77. The van der Waals surface area contributed by atoms with E-state index in [-0.39, 0.29) is 5.82 Å². The van der Waals surface area contributed by atoms with Gasteiger partial charge < -0.3 is 10.2 Å². The molecular formula is C15H20FN3S. The summed E-state index contributed by atoms with van der Waals surface area (Å²) in [5.74, 6) is -0.191. The third-order valence-corrected chi connectivity index (χ3v) is 4.11. The summed E-state index contributed by atoms with van der Waals surface area (Å²) in [5, 5.41) is 3.22. The number of nitrogens with zero attached hydrogens (tertiary/aromatic N) is 2. The molecule has 0 bridgehead atoms. The lowest BCUT2D eigenvalue weighted by Gasteiger charge is -2.20. The number of thiazole rings is 1. The second-order valence-electron chi connectivity index (χ2n) is 4.82. The number of aryl methyl sites for hydroxylation is 1. The zero-order valence-corrected chi connectivity index (χ0v) is 12.9. The van der Waals surface area contributed by atoms with Crippen molar-refractivity contribution >= 4 is 17.0 Å². The Morgan fingerprint density at radius 2 is 2.15 bits per heavy atom. The second kappa shape index (κ2) is 6.81. The highest BCUT2D eigenvalue weighted by Crippen LogP contribution is 2.22. The van der Waals surface area contributed by atoms with E-state index in [2.05, 4.69) is 15.2 Å². The van der Waals surface area contributed by atoms with Gasteiger partial charge in [0, 0.05) is 24.2 Å².